The molecule has 0 spiro atoms. The van der Waals surface area contributed by atoms with Crippen molar-refractivity contribution in [3.05, 3.63) is 125 Å². The van der Waals surface area contributed by atoms with Gasteiger partial charge in [-0.2, -0.15) is 13.2 Å². The molecule has 190 valence electrons. The van der Waals surface area contributed by atoms with Gasteiger partial charge in [-0.3, -0.25) is 0 Å². The summed E-state index contributed by atoms with van der Waals surface area (Å²) < 4.78 is 45.4. The van der Waals surface area contributed by atoms with Gasteiger partial charge in [0.05, 0.1) is 11.1 Å². The van der Waals surface area contributed by atoms with E-state index in [0.29, 0.717) is 5.39 Å². The second-order valence-electron chi connectivity index (χ2n) is 9.86. The highest BCUT2D eigenvalue weighted by Crippen LogP contribution is 2.43. The number of hydrogen-bond acceptors (Lipinski definition) is 0. The molecule has 0 fully saturated rings. The molecule has 5 rings (SSSR count). The van der Waals surface area contributed by atoms with Gasteiger partial charge in [0.15, 0.2) is 0 Å². The van der Waals surface area contributed by atoms with Gasteiger partial charge in [-0.05, 0) is 78.2 Å². The van der Waals surface area contributed by atoms with Crippen molar-refractivity contribution in [2.24, 2.45) is 0 Å². The average Bonchev–Trinajstić information content (AvgIpc) is 3.46. The van der Waals surface area contributed by atoms with E-state index < -0.39 is 17.2 Å². The van der Waals surface area contributed by atoms with Crippen LogP contribution < -0.4 is 0 Å². The Kier molecular flexibility index (Phi) is 6.28. The molecule has 5 heteroatoms. The number of para-hydroxylation sites is 2. The number of benzene rings is 3. The van der Waals surface area contributed by atoms with Crippen molar-refractivity contribution in [1.82, 2.24) is 9.13 Å². The molecule has 2 heterocycles. The van der Waals surface area contributed by atoms with Crippen molar-refractivity contribution < 1.29 is 13.2 Å². The SMILES string of the molecule is C#C/C=C\c1c(C)c(C(C)(C)c2cn(-c3ccccc3)c3ccc(C(F)(F)F)cc23)cn1-c1ccccc1. The summed E-state index contributed by atoms with van der Waals surface area (Å²) in [7, 11) is 0. The summed E-state index contributed by atoms with van der Waals surface area (Å²) in [5, 5.41) is 0.571. The van der Waals surface area contributed by atoms with E-state index in [9.17, 15) is 13.2 Å². The number of terminal acetylenes is 1. The molecule has 0 amide bonds. The van der Waals surface area contributed by atoms with E-state index in [1.807, 2.05) is 84.4 Å². The minimum absolute atomic E-state index is 0.571. The fourth-order valence-electron chi connectivity index (χ4n) is 5.23. The van der Waals surface area contributed by atoms with Gasteiger partial charge in [0, 0.05) is 40.3 Å². The molecular formula is C33H27F3N2. The molecular weight excluding hydrogens is 481 g/mol. The summed E-state index contributed by atoms with van der Waals surface area (Å²) in [5.74, 6) is 2.56. The quantitative estimate of drug-likeness (QED) is 0.210. The van der Waals surface area contributed by atoms with Gasteiger partial charge in [-0.15, -0.1) is 6.42 Å². The van der Waals surface area contributed by atoms with Crippen LogP contribution in [0.4, 0.5) is 13.2 Å². The Morgan fingerprint density at radius 1 is 0.789 bits per heavy atom. The van der Waals surface area contributed by atoms with Crippen molar-refractivity contribution in [2.75, 3.05) is 0 Å². The lowest BCUT2D eigenvalue weighted by molar-refractivity contribution is -0.137. The highest BCUT2D eigenvalue weighted by Gasteiger charge is 2.35. The fourth-order valence-corrected chi connectivity index (χ4v) is 5.23. The smallest absolute Gasteiger partial charge is 0.317 e. The summed E-state index contributed by atoms with van der Waals surface area (Å²) >= 11 is 0. The second-order valence-corrected chi connectivity index (χ2v) is 9.86. The van der Waals surface area contributed by atoms with Crippen LogP contribution in [-0.4, -0.2) is 9.13 Å². The molecule has 0 aliphatic carbocycles. The van der Waals surface area contributed by atoms with Crippen LogP contribution in [0.1, 0.15) is 41.8 Å². The maximum absolute atomic E-state index is 13.8. The molecule has 0 aliphatic heterocycles. The first kappa shape index (κ1) is 25.2. The summed E-state index contributed by atoms with van der Waals surface area (Å²) in [5.41, 5.74) is 5.04. The van der Waals surface area contributed by atoms with Crippen molar-refractivity contribution >= 4 is 17.0 Å². The molecule has 2 aromatic heterocycles. The molecule has 0 atom stereocenters. The molecule has 2 nitrogen and oxygen atoms in total. The van der Waals surface area contributed by atoms with Crippen molar-refractivity contribution in [1.29, 1.82) is 0 Å². The van der Waals surface area contributed by atoms with Gasteiger partial charge in [0.25, 0.3) is 0 Å². The number of hydrogen-bond donors (Lipinski definition) is 0. The van der Waals surface area contributed by atoms with Gasteiger partial charge in [0.2, 0.25) is 0 Å². The number of rotatable bonds is 5. The normalized spacial score (nSPS) is 12.3. The maximum Gasteiger partial charge on any atom is 0.416 e. The minimum atomic E-state index is -4.44. The number of halogens is 3. The van der Waals surface area contributed by atoms with Crippen LogP contribution in [0.3, 0.4) is 0 Å². The number of alkyl halides is 3. The molecule has 0 unspecified atom stereocenters. The van der Waals surface area contributed by atoms with Gasteiger partial charge in [-0.25, -0.2) is 0 Å². The van der Waals surface area contributed by atoms with Crippen LogP contribution in [0.15, 0.2) is 97.3 Å². The zero-order chi connectivity index (χ0) is 27.1. The molecule has 38 heavy (non-hydrogen) atoms. The standard InChI is InChI=1S/C33H27F3N2/c1-5-6-17-30-23(2)28(21-37(30)25-13-9-7-10-14-25)32(3,4)29-22-38(26-15-11-8-12-16-26)31-19-18-24(20-27(29)31)33(34,35)36/h1,6-22H,2-4H3/b17-6-. The molecule has 0 N–H and O–H groups in total. The van der Waals surface area contributed by atoms with Crippen LogP contribution in [-0.2, 0) is 11.6 Å². The first-order valence-corrected chi connectivity index (χ1v) is 12.3. The average molecular weight is 509 g/mol. The Balaban J connectivity index is 1.78. The Hall–Kier alpha value is -4.43. The van der Waals surface area contributed by atoms with Crippen molar-refractivity contribution in [3.63, 3.8) is 0 Å². The lowest BCUT2D eigenvalue weighted by Gasteiger charge is -2.25. The highest BCUT2D eigenvalue weighted by molar-refractivity contribution is 5.88. The van der Waals surface area contributed by atoms with Crippen LogP contribution in [0.2, 0.25) is 0 Å². The Morgan fingerprint density at radius 3 is 1.95 bits per heavy atom. The highest BCUT2D eigenvalue weighted by atomic mass is 19.4. The van der Waals surface area contributed by atoms with E-state index in [0.717, 1.165) is 45.3 Å². The zero-order valence-electron chi connectivity index (χ0n) is 21.4. The number of allylic oxidation sites excluding steroid dienone is 1. The van der Waals surface area contributed by atoms with E-state index in [1.165, 1.54) is 6.07 Å². The third-order valence-corrected chi connectivity index (χ3v) is 7.19. The van der Waals surface area contributed by atoms with Crippen LogP contribution in [0, 0.1) is 19.3 Å². The zero-order valence-corrected chi connectivity index (χ0v) is 21.4. The number of nitrogens with zero attached hydrogens (tertiary/aromatic N) is 2. The van der Waals surface area contributed by atoms with Gasteiger partial charge in [0.1, 0.15) is 0 Å². The maximum atomic E-state index is 13.8. The predicted octanol–water partition coefficient (Wildman–Crippen LogP) is 8.72. The predicted molar refractivity (Wildman–Crippen MR) is 149 cm³/mol. The fraction of sp³-hybridized carbons (Fsp3) is 0.152. The lowest BCUT2D eigenvalue weighted by Crippen LogP contribution is -2.19. The van der Waals surface area contributed by atoms with E-state index in [-0.39, 0.29) is 0 Å². The first-order valence-electron chi connectivity index (χ1n) is 12.3. The van der Waals surface area contributed by atoms with Crippen LogP contribution in [0.5, 0.6) is 0 Å². The molecule has 5 aromatic rings. The monoisotopic (exact) mass is 508 g/mol. The Bertz CT molecular complexity index is 1680. The molecule has 0 aliphatic rings. The minimum Gasteiger partial charge on any atom is -0.317 e. The molecule has 0 bridgehead atoms. The van der Waals surface area contributed by atoms with E-state index in [4.69, 9.17) is 6.42 Å². The second kappa shape index (κ2) is 9.46. The first-order chi connectivity index (χ1) is 18.1. The van der Waals surface area contributed by atoms with Crippen LogP contribution in [0.25, 0.3) is 28.4 Å². The summed E-state index contributed by atoms with van der Waals surface area (Å²) in [6, 6.07) is 23.6. The Labute approximate surface area is 220 Å². The third kappa shape index (κ3) is 4.33. The third-order valence-electron chi connectivity index (χ3n) is 7.19. The van der Waals surface area contributed by atoms with E-state index >= 15 is 0 Å². The van der Waals surface area contributed by atoms with Gasteiger partial charge in [-0.1, -0.05) is 56.2 Å². The number of aromatic nitrogens is 2. The van der Waals surface area contributed by atoms with Crippen molar-refractivity contribution in [2.45, 2.75) is 32.4 Å². The summed E-state index contributed by atoms with van der Waals surface area (Å²) in [4.78, 5) is 0. The van der Waals surface area contributed by atoms with Crippen molar-refractivity contribution in [3.8, 4) is 23.7 Å². The molecule has 3 aromatic carbocycles. The van der Waals surface area contributed by atoms with Gasteiger partial charge >= 0.3 is 6.18 Å². The lowest BCUT2D eigenvalue weighted by atomic mass is 9.77. The molecule has 0 saturated heterocycles. The van der Waals surface area contributed by atoms with E-state index in [1.54, 1.807) is 12.1 Å². The molecule has 0 saturated carbocycles. The van der Waals surface area contributed by atoms with Gasteiger partial charge < -0.3 is 9.13 Å². The topological polar surface area (TPSA) is 9.86 Å². The summed E-state index contributed by atoms with van der Waals surface area (Å²) in [6.45, 7) is 6.15. The largest absolute Gasteiger partial charge is 0.416 e. The van der Waals surface area contributed by atoms with Crippen LogP contribution >= 0.6 is 0 Å². The molecule has 0 radical (unpaired) electrons. The summed E-state index contributed by atoms with van der Waals surface area (Å²) in [6.07, 6.45) is 8.69. The van der Waals surface area contributed by atoms with E-state index in [2.05, 4.69) is 30.5 Å². The number of fused-ring (bicyclic) bond motifs is 1. The Morgan fingerprint density at radius 2 is 1.37 bits per heavy atom.